The van der Waals surface area contributed by atoms with Crippen molar-refractivity contribution in [3.63, 3.8) is 0 Å². The fourth-order valence-corrected chi connectivity index (χ4v) is 2.54. The van der Waals surface area contributed by atoms with Crippen LogP contribution in [0.1, 0.15) is 11.1 Å². The molecule has 3 rings (SSSR count). The van der Waals surface area contributed by atoms with E-state index in [9.17, 15) is 14.0 Å². The second-order valence-electron chi connectivity index (χ2n) is 6.12. The molecule has 8 heteroatoms. The minimum absolute atomic E-state index is 0.296. The standard InChI is InChI=1S/C22H17ClFN3O3/c23-19-3-1-2-4-20(19)26-21(28)22(29)27-25-13-15-7-11-18(12-8-15)30-14-16-5-9-17(24)10-6-16/h1-13H,14H2,(H,26,28)(H,27,29)/b25-13-. The van der Waals surface area contributed by atoms with Crippen LogP contribution in [0.3, 0.4) is 0 Å². The maximum Gasteiger partial charge on any atom is 0.329 e. The number of halogens is 2. The molecule has 0 aliphatic heterocycles. The molecule has 0 saturated carbocycles. The molecule has 0 unspecified atom stereocenters. The van der Waals surface area contributed by atoms with E-state index in [1.54, 1.807) is 60.7 Å². The number of hydrogen-bond acceptors (Lipinski definition) is 4. The molecule has 152 valence electrons. The zero-order valence-electron chi connectivity index (χ0n) is 15.6. The lowest BCUT2D eigenvalue weighted by Crippen LogP contribution is -2.32. The third kappa shape index (κ3) is 6.15. The number of nitrogens with zero attached hydrogens (tertiary/aromatic N) is 1. The fourth-order valence-electron chi connectivity index (χ4n) is 2.36. The first-order valence-corrected chi connectivity index (χ1v) is 9.25. The van der Waals surface area contributed by atoms with E-state index in [1.165, 1.54) is 18.3 Å². The predicted molar refractivity (Wildman–Crippen MR) is 113 cm³/mol. The minimum atomic E-state index is -0.926. The summed E-state index contributed by atoms with van der Waals surface area (Å²) in [6.45, 7) is 0.310. The number of rotatable bonds is 6. The van der Waals surface area contributed by atoms with Crippen LogP contribution in [0.15, 0.2) is 77.9 Å². The highest BCUT2D eigenvalue weighted by atomic mass is 35.5. The quantitative estimate of drug-likeness (QED) is 0.354. The summed E-state index contributed by atoms with van der Waals surface area (Å²) in [5.41, 5.74) is 4.02. The summed E-state index contributed by atoms with van der Waals surface area (Å²) >= 11 is 5.93. The van der Waals surface area contributed by atoms with Crippen molar-refractivity contribution in [2.45, 2.75) is 6.61 Å². The Kier molecular flexibility index (Phi) is 7.13. The summed E-state index contributed by atoms with van der Waals surface area (Å²) in [6, 6.07) is 19.6. The Hall–Kier alpha value is -3.71. The molecule has 0 bridgehead atoms. The number of anilines is 1. The monoisotopic (exact) mass is 425 g/mol. The molecule has 6 nitrogen and oxygen atoms in total. The number of amides is 2. The van der Waals surface area contributed by atoms with Gasteiger partial charge < -0.3 is 10.1 Å². The molecule has 0 spiro atoms. The maximum absolute atomic E-state index is 12.9. The molecule has 0 atom stereocenters. The van der Waals surface area contributed by atoms with Crippen LogP contribution < -0.4 is 15.5 Å². The van der Waals surface area contributed by atoms with Gasteiger partial charge in [-0.2, -0.15) is 5.10 Å². The van der Waals surface area contributed by atoms with Crippen LogP contribution in [0, 0.1) is 5.82 Å². The van der Waals surface area contributed by atoms with E-state index in [0.29, 0.717) is 28.6 Å². The molecule has 30 heavy (non-hydrogen) atoms. The van der Waals surface area contributed by atoms with E-state index in [-0.39, 0.29) is 5.82 Å². The Bertz CT molecular complexity index is 1050. The number of nitrogens with one attached hydrogen (secondary N) is 2. The summed E-state index contributed by atoms with van der Waals surface area (Å²) in [7, 11) is 0. The van der Waals surface area contributed by atoms with Crippen molar-refractivity contribution in [2.75, 3.05) is 5.32 Å². The van der Waals surface area contributed by atoms with Crippen LogP contribution in [-0.2, 0) is 16.2 Å². The lowest BCUT2D eigenvalue weighted by atomic mass is 10.2. The lowest BCUT2D eigenvalue weighted by Gasteiger charge is -2.06. The predicted octanol–water partition coefficient (Wildman–Crippen LogP) is 4.15. The smallest absolute Gasteiger partial charge is 0.329 e. The van der Waals surface area contributed by atoms with Crippen molar-refractivity contribution in [3.8, 4) is 5.75 Å². The molecule has 0 saturated heterocycles. The van der Waals surface area contributed by atoms with E-state index in [0.717, 1.165) is 5.56 Å². The summed E-state index contributed by atoms with van der Waals surface area (Å²) in [6.07, 6.45) is 1.39. The van der Waals surface area contributed by atoms with Crippen LogP contribution in [0.2, 0.25) is 5.02 Å². The van der Waals surface area contributed by atoms with Crippen LogP contribution in [0.25, 0.3) is 0 Å². The second-order valence-corrected chi connectivity index (χ2v) is 6.52. The molecule has 0 radical (unpaired) electrons. The third-order valence-electron chi connectivity index (χ3n) is 3.91. The van der Waals surface area contributed by atoms with E-state index in [2.05, 4.69) is 15.8 Å². The number of hydrazone groups is 1. The van der Waals surface area contributed by atoms with Crippen molar-refractivity contribution < 1.29 is 18.7 Å². The maximum atomic E-state index is 12.9. The van der Waals surface area contributed by atoms with Gasteiger partial charge in [0.1, 0.15) is 18.2 Å². The van der Waals surface area contributed by atoms with Gasteiger partial charge in [0.25, 0.3) is 0 Å². The van der Waals surface area contributed by atoms with E-state index in [1.807, 2.05) is 0 Å². The van der Waals surface area contributed by atoms with Crippen molar-refractivity contribution in [1.29, 1.82) is 0 Å². The Balaban J connectivity index is 1.47. The van der Waals surface area contributed by atoms with E-state index >= 15 is 0 Å². The van der Waals surface area contributed by atoms with Gasteiger partial charge in [0, 0.05) is 0 Å². The first kappa shape index (κ1) is 21.0. The minimum Gasteiger partial charge on any atom is -0.489 e. The Labute approximate surface area is 177 Å². The first-order chi connectivity index (χ1) is 14.5. The molecule has 2 N–H and O–H groups in total. The van der Waals surface area contributed by atoms with Gasteiger partial charge in [0.15, 0.2) is 0 Å². The van der Waals surface area contributed by atoms with Crippen molar-refractivity contribution in [2.24, 2.45) is 5.10 Å². The number of carbonyl (C=O) groups excluding carboxylic acids is 2. The molecule has 0 aromatic heterocycles. The Morgan fingerprint density at radius 2 is 1.67 bits per heavy atom. The highest BCUT2D eigenvalue weighted by Gasteiger charge is 2.14. The first-order valence-electron chi connectivity index (χ1n) is 8.87. The summed E-state index contributed by atoms with van der Waals surface area (Å²) < 4.78 is 18.5. The van der Waals surface area contributed by atoms with Gasteiger partial charge >= 0.3 is 11.8 Å². The molecule has 2 amide bonds. The molecular formula is C22H17ClFN3O3. The highest BCUT2D eigenvalue weighted by Crippen LogP contribution is 2.20. The molecule has 0 fully saturated rings. The number of hydrogen-bond donors (Lipinski definition) is 2. The van der Waals surface area contributed by atoms with Gasteiger partial charge in [0.05, 0.1) is 16.9 Å². The highest BCUT2D eigenvalue weighted by molar-refractivity contribution is 6.41. The average molecular weight is 426 g/mol. The van der Waals surface area contributed by atoms with Gasteiger partial charge in [-0.05, 0) is 59.7 Å². The van der Waals surface area contributed by atoms with Crippen LogP contribution >= 0.6 is 11.6 Å². The van der Waals surface area contributed by atoms with Gasteiger partial charge in [-0.25, -0.2) is 9.82 Å². The fraction of sp³-hybridized carbons (Fsp3) is 0.0455. The summed E-state index contributed by atoms with van der Waals surface area (Å²) in [4.78, 5) is 23.7. The van der Waals surface area contributed by atoms with E-state index in [4.69, 9.17) is 16.3 Å². The average Bonchev–Trinajstić information content (AvgIpc) is 2.76. The SMILES string of the molecule is O=C(N/N=C\c1ccc(OCc2ccc(F)cc2)cc1)C(=O)Nc1ccccc1Cl. The third-order valence-corrected chi connectivity index (χ3v) is 4.24. The zero-order valence-corrected chi connectivity index (χ0v) is 16.4. The second kappa shape index (κ2) is 10.2. The topological polar surface area (TPSA) is 79.8 Å². The summed E-state index contributed by atoms with van der Waals surface area (Å²) in [5, 5.41) is 6.49. The number of para-hydroxylation sites is 1. The van der Waals surface area contributed by atoms with Crippen molar-refractivity contribution >= 4 is 35.3 Å². The number of benzene rings is 3. The molecule has 0 aliphatic rings. The Morgan fingerprint density at radius 3 is 2.37 bits per heavy atom. The zero-order chi connectivity index (χ0) is 21.3. The Morgan fingerprint density at radius 1 is 0.967 bits per heavy atom. The van der Waals surface area contributed by atoms with Gasteiger partial charge in [-0.1, -0.05) is 35.9 Å². The molecular weight excluding hydrogens is 409 g/mol. The van der Waals surface area contributed by atoms with Crippen molar-refractivity contribution in [1.82, 2.24) is 5.43 Å². The van der Waals surface area contributed by atoms with Crippen LogP contribution in [0.4, 0.5) is 10.1 Å². The molecule has 0 aliphatic carbocycles. The van der Waals surface area contributed by atoms with Crippen LogP contribution in [-0.4, -0.2) is 18.0 Å². The normalized spacial score (nSPS) is 10.6. The van der Waals surface area contributed by atoms with Crippen LogP contribution in [0.5, 0.6) is 5.75 Å². The lowest BCUT2D eigenvalue weighted by molar-refractivity contribution is -0.136. The summed E-state index contributed by atoms with van der Waals surface area (Å²) in [5.74, 6) is -1.48. The largest absolute Gasteiger partial charge is 0.489 e. The van der Waals surface area contributed by atoms with Gasteiger partial charge in [-0.3, -0.25) is 9.59 Å². The molecule has 0 heterocycles. The van der Waals surface area contributed by atoms with Gasteiger partial charge in [0.2, 0.25) is 0 Å². The molecule has 3 aromatic rings. The number of ether oxygens (including phenoxy) is 1. The molecule has 3 aromatic carbocycles. The van der Waals surface area contributed by atoms with E-state index < -0.39 is 11.8 Å². The number of carbonyl (C=O) groups is 2. The van der Waals surface area contributed by atoms with Gasteiger partial charge in [-0.15, -0.1) is 0 Å². The van der Waals surface area contributed by atoms with Crippen molar-refractivity contribution in [3.05, 3.63) is 94.8 Å².